The molecular weight excluding hydrogens is 340 g/mol. The number of carbonyl (C=O) groups excluding carboxylic acids is 3. The van der Waals surface area contributed by atoms with Crippen LogP contribution in [0.3, 0.4) is 0 Å². The van der Waals surface area contributed by atoms with Gasteiger partial charge in [-0.1, -0.05) is 26.2 Å². The van der Waals surface area contributed by atoms with Gasteiger partial charge in [-0.2, -0.15) is 0 Å². The molecule has 3 aliphatic rings. The van der Waals surface area contributed by atoms with Crippen molar-refractivity contribution >= 4 is 17.9 Å². The second-order valence-corrected chi connectivity index (χ2v) is 7.19. The van der Waals surface area contributed by atoms with Crippen molar-refractivity contribution in [2.24, 2.45) is 23.2 Å². The zero-order valence-electron chi connectivity index (χ0n) is 14.6. The summed E-state index contributed by atoms with van der Waals surface area (Å²) in [4.78, 5) is 36.4. The molecule has 0 radical (unpaired) electrons. The van der Waals surface area contributed by atoms with Crippen LogP contribution in [0.1, 0.15) is 13.3 Å². The van der Waals surface area contributed by atoms with E-state index in [1.807, 2.05) is 0 Å². The highest BCUT2D eigenvalue weighted by Crippen LogP contribution is 2.56. The monoisotopic (exact) mass is 362 g/mol. The lowest BCUT2D eigenvalue weighted by Gasteiger charge is -2.51. The molecule has 7 nitrogen and oxygen atoms in total. The molecule has 0 aromatic carbocycles. The van der Waals surface area contributed by atoms with E-state index < -0.39 is 59.9 Å². The molecule has 7 heteroatoms. The van der Waals surface area contributed by atoms with Crippen LogP contribution in [-0.2, 0) is 28.6 Å². The molecule has 140 valence electrons. The molecule has 0 aromatic heterocycles. The third-order valence-electron chi connectivity index (χ3n) is 5.79. The number of esters is 3. The van der Waals surface area contributed by atoms with Crippen LogP contribution >= 0.6 is 0 Å². The van der Waals surface area contributed by atoms with Crippen LogP contribution in [0.2, 0.25) is 0 Å². The van der Waals surface area contributed by atoms with E-state index >= 15 is 0 Å². The minimum atomic E-state index is -0.748. The maximum absolute atomic E-state index is 12.2. The van der Waals surface area contributed by atoms with Gasteiger partial charge >= 0.3 is 17.9 Å². The Morgan fingerprint density at radius 2 is 2.15 bits per heavy atom. The van der Waals surface area contributed by atoms with Gasteiger partial charge in [0.1, 0.15) is 18.8 Å². The molecular formula is C19H22O7. The molecule has 2 heterocycles. The fourth-order valence-corrected chi connectivity index (χ4v) is 4.34. The Balaban J connectivity index is 2.00. The second-order valence-electron chi connectivity index (χ2n) is 7.19. The average Bonchev–Trinajstić information content (AvgIpc) is 2.92. The summed E-state index contributed by atoms with van der Waals surface area (Å²) in [5.74, 6) is -3.07. The van der Waals surface area contributed by atoms with Crippen molar-refractivity contribution in [2.45, 2.75) is 25.6 Å². The van der Waals surface area contributed by atoms with E-state index in [-0.39, 0.29) is 17.8 Å². The van der Waals surface area contributed by atoms with Gasteiger partial charge in [-0.3, -0.25) is 4.79 Å². The Bertz CT molecular complexity index is 709. The van der Waals surface area contributed by atoms with E-state index in [1.165, 1.54) is 0 Å². The predicted molar refractivity (Wildman–Crippen MR) is 89.5 cm³/mol. The minimum Gasteiger partial charge on any atom is -0.461 e. The maximum Gasteiger partial charge on any atom is 0.336 e. The molecule has 2 aliphatic heterocycles. The van der Waals surface area contributed by atoms with E-state index in [2.05, 4.69) is 19.7 Å². The van der Waals surface area contributed by atoms with Crippen molar-refractivity contribution in [1.29, 1.82) is 0 Å². The highest BCUT2D eigenvalue weighted by Gasteiger charge is 2.63. The van der Waals surface area contributed by atoms with Gasteiger partial charge in [0.15, 0.2) is 0 Å². The summed E-state index contributed by atoms with van der Waals surface area (Å²) in [5.41, 5.74) is -0.589. The van der Waals surface area contributed by atoms with Crippen molar-refractivity contribution in [3.63, 3.8) is 0 Å². The summed E-state index contributed by atoms with van der Waals surface area (Å²) in [5, 5.41) is 9.10. The highest BCUT2D eigenvalue weighted by atomic mass is 16.6. The summed E-state index contributed by atoms with van der Waals surface area (Å²) in [6.07, 6.45) is 0.630. The number of fused-ring (bicyclic) bond motifs is 3. The quantitative estimate of drug-likeness (QED) is 0.344. The van der Waals surface area contributed by atoms with Gasteiger partial charge in [-0.25, -0.2) is 9.59 Å². The molecule has 0 aromatic rings. The summed E-state index contributed by atoms with van der Waals surface area (Å²) in [6.45, 7) is 12.4. The third kappa shape index (κ3) is 2.58. The molecule has 2 saturated heterocycles. The Morgan fingerprint density at radius 1 is 1.46 bits per heavy atom. The Hall–Kier alpha value is -2.41. The number of hydrogen-bond acceptors (Lipinski definition) is 7. The topological polar surface area (TPSA) is 99.1 Å². The molecule has 1 aliphatic carbocycles. The summed E-state index contributed by atoms with van der Waals surface area (Å²) < 4.78 is 16.4. The SMILES string of the molecule is C=C[C@@]12COC(=O)C(=C)[C@@H]1[C@H]1OC(=O)[C@@H](C)[C@@H]1[C@@H](OC(=O)C(=C)CO)C2. The number of cyclic esters (lactones) is 1. The molecule has 0 bridgehead atoms. The van der Waals surface area contributed by atoms with Crippen molar-refractivity contribution < 1.29 is 33.7 Å². The fourth-order valence-electron chi connectivity index (χ4n) is 4.34. The second kappa shape index (κ2) is 6.39. The molecule has 26 heavy (non-hydrogen) atoms. The van der Waals surface area contributed by atoms with E-state index in [1.54, 1.807) is 13.0 Å². The van der Waals surface area contributed by atoms with Crippen LogP contribution in [0.15, 0.2) is 37.0 Å². The van der Waals surface area contributed by atoms with Crippen molar-refractivity contribution in [1.82, 2.24) is 0 Å². The van der Waals surface area contributed by atoms with Gasteiger partial charge in [0.2, 0.25) is 0 Å². The fraction of sp³-hybridized carbons (Fsp3) is 0.526. The molecule has 0 unspecified atom stereocenters. The summed E-state index contributed by atoms with van der Waals surface area (Å²) in [7, 11) is 0. The number of ether oxygens (including phenoxy) is 3. The van der Waals surface area contributed by atoms with Crippen LogP contribution in [0, 0.1) is 23.2 Å². The predicted octanol–water partition coefficient (Wildman–Crippen LogP) is 0.930. The minimum absolute atomic E-state index is 0.0448. The van der Waals surface area contributed by atoms with Gasteiger partial charge in [0.05, 0.1) is 18.1 Å². The van der Waals surface area contributed by atoms with Crippen molar-refractivity contribution in [3.8, 4) is 0 Å². The Labute approximate surface area is 151 Å². The normalized spacial score (nSPS) is 38.5. The van der Waals surface area contributed by atoms with Crippen LogP contribution in [0.4, 0.5) is 0 Å². The Kier molecular flexibility index (Phi) is 4.52. The standard InChI is InChI=1S/C19H22O7/c1-5-19-6-12(25-16(21)9(2)7-20)13-10(3)18(23)26-15(13)14(19)11(4)17(22)24-8-19/h5,10,12-15,20H,1-2,4,6-8H2,3H3/t10-,12-,13+,14+,15-,19+/m0/s1. The smallest absolute Gasteiger partial charge is 0.336 e. The first-order valence-electron chi connectivity index (χ1n) is 8.45. The third-order valence-corrected chi connectivity index (χ3v) is 5.79. The van der Waals surface area contributed by atoms with E-state index in [0.717, 1.165) is 0 Å². The maximum atomic E-state index is 12.2. The highest BCUT2D eigenvalue weighted by molar-refractivity contribution is 5.90. The first kappa shape index (κ1) is 18.4. The van der Waals surface area contributed by atoms with Gasteiger partial charge in [-0.05, 0) is 6.42 Å². The summed E-state index contributed by atoms with van der Waals surface area (Å²) in [6, 6.07) is 0. The molecule has 3 fully saturated rings. The number of rotatable bonds is 4. The number of aliphatic hydroxyl groups excluding tert-OH is 1. The molecule has 3 rings (SSSR count). The van der Waals surface area contributed by atoms with Crippen LogP contribution < -0.4 is 0 Å². The lowest BCUT2D eigenvalue weighted by Crippen LogP contribution is -2.58. The van der Waals surface area contributed by atoms with E-state index in [4.69, 9.17) is 19.3 Å². The van der Waals surface area contributed by atoms with E-state index in [9.17, 15) is 14.4 Å². The van der Waals surface area contributed by atoms with Gasteiger partial charge < -0.3 is 19.3 Å². The molecule has 6 atom stereocenters. The number of hydrogen-bond donors (Lipinski definition) is 1. The first-order chi connectivity index (χ1) is 12.3. The van der Waals surface area contributed by atoms with Crippen LogP contribution in [0.25, 0.3) is 0 Å². The Morgan fingerprint density at radius 3 is 2.77 bits per heavy atom. The van der Waals surface area contributed by atoms with Crippen LogP contribution in [-0.4, -0.2) is 48.4 Å². The molecule has 0 spiro atoms. The lowest BCUT2D eigenvalue weighted by molar-refractivity contribution is -0.177. The molecule has 1 N–H and O–H groups in total. The van der Waals surface area contributed by atoms with Gasteiger partial charge in [0.25, 0.3) is 0 Å². The first-order valence-corrected chi connectivity index (χ1v) is 8.45. The van der Waals surface area contributed by atoms with Gasteiger partial charge in [0, 0.05) is 22.8 Å². The lowest BCUT2D eigenvalue weighted by atomic mass is 9.57. The zero-order chi connectivity index (χ0) is 19.2. The number of carbonyl (C=O) groups is 3. The largest absolute Gasteiger partial charge is 0.461 e. The zero-order valence-corrected chi connectivity index (χ0v) is 14.6. The number of aliphatic hydroxyl groups is 1. The van der Waals surface area contributed by atoms with Gasteiger partial charge in [-0.15, -0.1) is 6.58 Å². The van der Waals surface area contributed by atoms with Crippen molar-refractivity contribution in [2.75, 3.05) is 13.2 Å². The molecule has 1 saturated carbocycles. The molecule has 0 amide bonds. The summed E-state index contributed by atoms with van der Waals surface area (Å²) >= 11 is 0. The van der Waals surface area contributed by atoms with Crippen molar-refractivity contribution in [3.05, 3.63) is 37.0 Å². The average molecular weight is 362 g/mol. The van der Waals surface area contributed by atoms with E-state index in [0.29, 0.717) is 6.42 Å². The van der Waals surface area contributed by atoms with Crippen LogP contribution in [0.5, 0.6) is 0 Å².